The van der Waals surface area contributed by atoms with Crippen molar-refractivity contribution in [2.45, 2.75) is 18.9 Å². The van der Waals surface area contributed by atoms with E-state index in [1.165, 1.54) is 11.1 Å². The second-order valence-electron chi connectivity index (χ2n) is 10.6. The minimum absolute atomic E-state index is 0.00616. The lowest BCUT2D eigenvalue weighted by atomic mass is 9.99. The molecule has 1 aromatic heterocycles. The van der Waals surface area contributed by atoms with Crippen LogP contribution in [0.15, 0.2) is 79.1 Å². The van der Waals surface area contributed by atoms with Gasteiger partial charge in [0, 0.05) is 68.4 Å². The summed E-state index contributed by atoms with van der Waals surface area (Å²) < 4.78 is 21.6. The van der Waals surface area contributed by atoms with Gasteiger partial charge in [-0.25, -0.2) is 4.39 Å². The van der Waals surface area contributed by atoms with Gasteiger partial charge in [-0.1, -0.05) is 54.6 Å². The van der Waals surface area contributed by atoms with E-state index in [1.54, 1.807) is 36.3 Å². The highest BCUT2D eigenvalue weighted by Gasteiger charge is 2.23. The predicted molar refractivity (Wildman–Crippen MR) is 166 cm³/mol. The first-order valence-corrected chi connectivity index (χ1v) is 14.3. The zero-order valence-corrected chi connectivity index (χ0v) is 24.1. The zero-order chi connectivity index (χ0) is 30.3. The molecule has 1 aliphatic heterocycles. The number of carbonyl (C=O) groups is 2. The maximum absolute atomic E-state index is 15.7. The van der Waals surface area contributed by atoms with E-state index in [-0.39, 0.29) is 36.2 Å². The minimum Gasteiger partial charge on any atom is -0.490 e. The van der Waals surface area contributed by atoms with E-state index in [0.717, 1.165) is 16.3 Å². The zero-order valence-electron chi connectivity index (χ0n) is 24.1. The quantitative estimate of drug-likeness (QED) is 0.197. The van der Waals surface area contributed by atoms with Gasteiger partial charge in [0.1, 0.15) is 24.2 Å². The van der Waals surface area contributed by atoms with Gasteiger partial charge in [0.25, 0.3) is 5.91 Å². The van der Waals surface area contributed by atoms with Crippen molar-refractivity contribution in [1.29, 1.82) is 0 Å². The Balaban J connectivity index is 1.22. The average Bonchev–Trinajstić information content (AvgIpc) is 3.47. The van der Waals surface area contributed by atoms with Crippen LogP contribution in [0.3, 0.4) is 0 Å². The molecule has 0 saturated carbocycles. The Morgan fingerprint density at radius 1 is 1.19 bits per heavy atom. The van der Waals surface area contributed by atoms with Crippen molar-refractivity contribution in [2.75, 3.05) is 39.8 Å². The van der Waals surface area contributed by atoms with Crippen LogP contribution >= 0.6 is 0 Å². The lowest BCUT2D eigenvalue weighted by Gasteiger charge is -2.28. The van der Waals surface area contributed by atoms with E-state index in [1.807, 2.05) is 48.5 Å². The Labute approximate surface area is 249 Å². The fourth-order valence-electron chi connectivity index (χ4n) is 5.33. The number of nitrogens with one attached hydrogen (secondary N) is 2. The molecular weight excluding hydrogens is 549 g/mol. The van der Waals surface area contributed by atoms with Crippen LogP contribution in [0.25, 0.3) is 27.2 Å². The minimum atomic E-state index is -0.933. The van der Waals surface area contributed by atoms with Crippen molar-refractivity contribution in [3.05, 3.63) is 96.2 Å². The maximum Gasteiger partial charge on any atom is 0.270 e. The molecule has 1 atom stereocenters. The van der Waals surface area contributed by atoms with Crippen LogP contribution in [0, 0.1) is 5.82 Å². The normalized spacial score (nSPS) is 14.2. The number of amides is 2. The van der Waals surface area contributed by atoms with Crippen LogP contribution in [-0.4, -0.2) is 77.6 Å². The largest absolute Gasteiger partial charge is 0.490 e. The summed E-state index contributed by atoms with van der Waals surface area (Å²) in [7, 11) is 1.58. The molecule has 2 heterocycles. The first-order valence-electron chi connectivity index (χ1n) is 14.3. The number of nitrogens with zero attached hydrogens (tertiary/aromatic N) is 2. The molecule has 0 aliphatic carbocycles. The highest BCUT2D eigenvalue weighted by atomic mass is 19.1. The Morgan fingerprint density at radius 3 is 2.84 bits per heavy atom. The summed E-state index contributed by atoms with van der Waals surface area (Å²) in [6, 6.07) is 18.6. The van der Waals surface area contributed by atoms with Gasteiger partial charge >= 0.3 is 0 Å². The molecule has 0 saturated heterocycles. The number of aromatic nitrogens is 1. The summed E-state index contributed by atoms with van der Waals surface area (Å²) in [5.41, 5.74) is 6.85. The SMILES string of the molecule is CN(CC(O)COc1cccc2ccccc12)C(=O)c1cc2ccc(C3=CCCN(C(=O)CCN/C=C\N)C3)c(F)c2[nH]1. The standard InChI is InChI=1S/C33H36FN5O4/c1-38(20-25(40)21-43-29-10-4-7-22-6-2-3-9-26(22)29)33(42)28-18-23-11-12-27(31(34)32(23)37-28)24-8-5-17-39(19-24)30(41)13-15-36-16-14-35/h2-4,6-12,14,16,18,25,36-37,40H,5,13,15,17,19-21,35H2,1H3/b16-14-. The van der Waals surface area contributed by atoms with Crippen molar-refractivity contribution in [2.24, 2.45) is 5.73 Å². The van der Waals surface area contributed by atoms with Crippen LogP contribution in [0.5, 0.6) is 5.75 Å². The smallest absolute Gasteiger partial charge is 0.270 e. The van der Waals surface area contributed by atoms with Crippen molar-refractivity contribution < 1.29 is 23.8 Å². The number of hydrogen-bond donors (Lipinski definition) is 4. The number of hydrogen-bond acceptors (Lipinski definition) is 6. The maximum atomic E-state index is 15.7. The third-order valence-corrected chi connectivity index (χ3v) is 7.52. The van der Waals surface area contributed by atoms with Gasteiger partial charge in [0.2, 0.25) is 5.91 Å². The molecule has 43 heavy (non-hydrogen) atoms. The van der Waals surface area contributed by atoms with Gasteiger partial charge in [-0.15, -0.1) is 0 Å². The molecule has 224 valence electrons. The first-order chi connectivity index (χ1) is 20.9. The molecule has 5 rings (SSSR count). The number of likely N-dealkylation sites (N-methyl/N-ethyl adjacent to an activating group) is 1. The van der Waals surface area contributed by atoms with Gasteiger partial charge in [-0.05, 0) is 29.5 Å². The summed E-state index contributed by atoms with van der Waals surface area (Å²) in [4.78, 5) is 31.9. The topological polar surface area (TPSA) is 124 Å². The van der Waals surface area contributed by atoms with E-state index in [9.17, 15) is 14.7 Å². The highest BCUT2D eigenvalue weighted by molar-refractivity contribution is 5.99. The number of carbonyl (C=O) groups excluding carboxylic acids is 2. The van der Waals surface area contributed by atoms with E-state index in [2.05, 4.69) is 10.3 Å². The van der Waals surface area contributed by atoms with Gasteiger partial charge in [-0.3, -0.25) is 9.59 Å². The van der Waals surface area contributed by atoms with Crippen molar-refractivity contribution in [1.82, 2.24) is 20.1 Å². The van der Waals surface area contributed by atoms with Gasteiger partial charge < -0.3 is 35.7 Å². The number of fused-ring (bicyclic) bond motifs is 2. The summed E-state index contributed by atoms with van der Waals surface area (Å²) in [5, 5.41) is 16.1. The second kappa shape index (κ2) is 13.4. The van der Waals surface area contributed by atoms with Crippen LogP contribution in [-0.2, 0) is 4.79 Å². The fourth-order valence-corrected chi connectivity index (χ4v) is 5.33. The Hall–Kier alpha value is -4.83. The van der Waals surface area contributed by atoms with Crippen molar-refractivity contribution >= 4 is 39.1 Å². The summed E-state index contributed by atoms with van der Waals surface area (Å²) in [6.07, 6.45) is 4.90. The monoisotopic (exact) mass is 585 g/mol. The molecule has 0 spiro atoms. The lowest BCUT2D eigenvalue weighted by Crippen LogP contribution is -2.37. The Bertz CT molecular complexity index is 1680. The second-order valence-corrected chi connectivity index (χ2v) is 10.6. The van der Waals surface area contributed by atoms with Crippen LogP contribution in [0.4, 0.5) is 4.39 Å². The van der Waals surface area contributed by atoms with Crippen molar-refractivity contribution in [3.63, 3.8) is 0 Å². The number of H-pyrrole nitrogens is 1. The van der Waals surface area contributed by atoms with E-state index >= 15 is 4.39 Å². The summed E-state index contributed by atoms with van der Waals surface area (Å²) in [6.45, 7) is 1.38. The average molecular weight is 586 g/mol. The third-order valence-electron chi connectivity index (χ3n) is 7.52. The Morgan fingerprint density at radius 2 is 2.00 bits per heavy atom. The number of halogens is 1. The van der Waals surface area contributed by atoms with Gasteiger partial charge in [-0.2, -0.15) is 0 Å². The van der Waals surface area contributed by atoms with E-state index in [4.69, 9.17) is 10.5 Å². The summed E-state index contributed by atoms with van der Waals surface area (Å²) >= 11 is 0. The number of aliphatic hydroxyl groups is 1. The number of aliphatic hydroxyl groups excluding tert-OH is 1. The molecule has 1 aliphatic rings. The molecular formula is C33H36FN5O4. The number of rotatable bonds is 11. The van der Waals surface area contributed by atoms with Crippen LogP contribution < -0.4 is 15.8 Å². The molecule has 9 nitrogen and oxygen atoms in total. The molecule has 0 radical (unpaired) electrons. The molecule has 5 N–H and O–H groups in total. The third kappa shape index (κ3) is 6.81. The molecule has 3 aromatic carbocycles. The fraction of sp³-hybridized carbons (Fsp3) is 0.273. The number of aromatic amines is 1. The Kier molecular flexibility index (Phi) is 9.26. The number of nitrogens with two attached hydrogens (primary N) is 1. The van der Waals surface area contributed by atoms with Crippen molar-refractivity contribution in [3.8, 4) is 5.75 Å². The molecule has 2 amide bonds. The first kappa shape index (κ1) is 29.7. The van der Waals surface area contributed by atoms with E-state index < -0.39 is 11.9 Å². The molecule has 10 heteroatoms. The summed E-state index contributed by atoms with van der Waals surface area (Å²) in [5.74, 6) is -0.220. The molecule has 0 fully saturated rings. The molecule has 4 aromatic rings. The number of ether oxygens (including phenoxy) is 1. The van der Waals surface area contributed by atoms with E-state index in [0.29, 0.717) is 49.2 Å². The molecule has 0 bridgehead atoms. The number of benzene rings is 3. The predicted octanol–water partition coefficient (Wildman–Crippen LogP) is 4.00. The van der Waals surface area contributed by atoms with Gasteiger partial charge in [0.15, 0.2) is 5.82 Å². The van der Waals surface area contributed by atoms with Crippen LogP contribution in [0.1, 0.15) is 28.9 Å². The highest BCUT2D eigenvalue weighted by Crippen LogP contribution is 2.30. The van der Waals surface area contributed by atoms with Gasteiger partial charge in [0.05, 0.1) is 5.52 Å². The van der Waals surface area contributed by atoms with Crippen LogP contribution in [0.2, 0.25) is 0 Å². The lowest BCUT2D eigenvalue weighted by molar-refractivity contribution is -0.130. The molecule has 1 unspecified atom stereocenters.